The standard InChI is InChI=1S/C17H20N2O2/c1-19-13-7-17(20,8-14(19)11-21-10-13)16-4-2-3-12-5-6-18-9-15(12)16/h2-6,9,13-14,20H,7-8,10-11H2,1H3. The first kappa shape index (κ1) is 13.2. The van der Waals surface area contributed by atoms with E-state index >= 15 is 0 Å². The molecule has 1 aromatic heterocycles. The van der Waals surface area contributed by atoms with Gasteiger partial charge in [-0.15, -0.1) is 0 Å². The molecule has 21 heavy (non-hydrogen) atoms. The lowest BCUT2D eigenvalue weighted by molar-refractivity contribution is -0.137. The van der Waals surface area contributed by atoms with Crippen LogP contribution in [-0.4, -0.2) is 47.3 Å². The van der Waals surface area contributed by atoms with Crippen LogP contribution in [0, 0.1) is 0 Å². The van der Waals surface area contributed by atoms with E-state index in [2.05, 4.69) is 23.0 Å². The Kier molecular flexibility index (Phi) is 2.99. The fourth-order valence-corrected chi connectivity index (χ4v) is 3.88. The Hall–Kier alpha value is -1.49. The van der Waals surface area contributed by atoms with Crippen LogP contribution in [0.25, 0.3) is 10.8 Å². The molecule has 110 valence electrons. The Balaban J connectivity index is 1.81. The Labute approximate surface area is 124 Å². The third kappa shape index (κ3) is 2.06. The zero-order valence-corrected chi connectivity index (χ0v) is 12.2. The molecule has 3 heterocycles. The van der Waals surface area contributed by atoms with Crippen molar-refractivity contribution in [3.05, 3.63) is 42.2 Å². The van der Waals surface area contributed by atoms with Crippen LogP contribution in [0.5, 0.6) is 0 Å². The molecule has 0 aliphatic carbocycles. The molecular weight excluding hydrogens is 264 g/mol. The summed E-state index contributed by atoms with van der Waals surface area (Å²) in [6.45, 7) is 1.41. The topological polar surface area (TPSA) is 45.6 Å². The molecule has 2 aromatic rings. The zero-order chi connectivity index (χ0) is 14.4. The van der Waals surface area contributed by atoms with Crippen LogP contribution in [0.2, 0.25) is 0 Å². The Morgan fingerprint density at radius 3 is 2.76 bits per heavy atom. The smallest absolute Gasteiger partial charge is 0.0934 e. The molecular formula is C17H20N2O2. The van der Waals surface area contributed by atoms with Gasteiger partial charge in [-0.3, -0.25) is 9.88 Å². The molecule has 4 nitrogen and oxygen atoms in total. The number of aromatic nitrogens is 1. The van der Waals surface area contributed by atoms with E-state index in [0.29, 0.717) is 26.1 Å². The predicted octanol–water partition coefficient (Wildman–Crippen LogP) is 1.92. The van der Waals surface area contributed by atoms with Crippen molar-refractivity contribution in [1.82, 2.24) is 9.88 Å². The summed E-state index contributed by atoms with van der Waals surface area (Å²) >= 11 is 0. The van der Waals surface area contributed by atoms with E-state index in [4.69, 9.17) is 4.74 Å². The second-order valence-corrected chi connectivity index (χ2v) is 6.35. The lowest BCUT2D eigenvalue weighted by Crippen LogP contribution is -2.59. The third-order valence-corrected chi connectivity index (χ3v) is 5.10. The number of piperidine rings is 1. The van der Waals surface area contributed by atoms with Crippen molar-refractivity contribution in [3.8, 4) is 0 Å². The molecule has 2 bridgehead atoms. The summed E-state index contributed by atoms with van der Waals surface area (Å²) in [7, 11) is 2.14. The van der Waals surface area contributed by atoms with Crippen molar-refractivity contribution < 1.29 is 9.84 Å². The number of pyridine rings is 1. The quantitative estimate of drug-likeness (QED) is 0.869. The molecule has 1 N–H and O–H groups in total. The molecule has 2 atom stereocenters. The van der Waals surface area contributed by atoms with Crippen molar-refractivity contribution in [1.29, 1.82) is 0 Å². The number of ether oxygens (including phenoxy) is 1. The van der Waals surface area contributed by atoms with Crippen molar-refractivity contribution in [2.24, 2.45) is 0 Å². The highest BCUT2D eigenvalue weighted by Gasteiger charge is 2.46. The van der Waals surface area contributed by atoms with Gasteiger partial charge in [-0.1, -0.05) is 18.2 Å². The molecule has 2 saturated heterocycles. The van der Waals surface area contributed by atoms with Gasteiger partial charge in [0, 0.05) is 29.9 Å². The molecule has 0 saturated carbocycles. The van der Waals surface area contributed by atoms with E-state index in [1.54, 1.807) is 6.20 Å². The molecule has 0 spiro atoms. The maximum absolute atomic E-state index is 11.4. The Bertz CT molecular complexity index is 653. The number of fused-ring (bicyclic) bond motifs is 3. The number of hydrogen-bond acceptors (Lipinski definition) is 4. The summed E-state index contributed by atoms with van der Waals surface area (Å²) < 4.78 is 5.66. The van der Waals surface area contributed by atoms with Crippen molar-refractivity contribution in [3.63, 3.8) is 0 Å². The first-order valence-electron chi connectivity index (χ1n) is 7.53. The van der Waals surface area contributed by atoms with Crippen LogP contribution in [-0.2, 0) is 10.3 Å². The number of aliphatic hydroxyl groups is 1. The van der Waals surface area contributed by atoms with E-state index in [-0.39, 0.29) is 12.1 Å². The highest BCUT2D eigenvalue weighted by Crippen LogP contribution is 2.42. The summed E-state index contributed by atoms with van der Waals surface area (Å²) in [6, 6.07) is 8.72. The maximum Gasteiger partial charge on any atom is 0.0934 e. The molecule has 2 fully saturated rings. The summed E-state index contributed by atoms with van der Waals surface area (Å²) in [6.07, 6.45) is 5.10. The average Bonchev–Trinajstić information content (AvgIpc) is 2.48. The molecule has 0 radical (unpaired) electrons. The largest absolute Gasteiger partial charge is 0.385 e. The average molecular weight is 284 g/mol. The third-order valence-electron chi connectivity index (χ3n) is 5.10. The van der Waals surface area contributed by atoms with Crippen LogP contribution in [0.3, 0.4) is 0 Å². The van der Waals surface area contributed by atoms with Crippen LogP contribution in [0.1, 0.15) is 18.4 Å². The highest BCUT2D eigenvalue weighted by molar-refractivity contribution is 5.85. The normalized spacial score (nSPS) is 33.2. The van der Waals surface area contributed by atoms with Gasteiger partial charge in [0.25, 0.3) is 0 Å². The molecule has 1 aromatic carbocycles. The number of likely N-dealkylation sites (N-methyl/N-ethyl adjacent to an activating group) is 1. The van der Waals surface area contributed by atoms with E-state index in [1.807, 2.05) is 24.4 Å². The lowest BCUT2D eigenvalue weighted by Gasteiger charge is -2.50. The lowest BCUT2D eigenvalue weighted by atomic mass is 9.76. The van der Waals surface area contributed by atoms with E-state index in [0.717, 1.165) is 16.3 Å². The van der Waals surface area contributed by atoms with Gasteiger partial charge in [-0.05, 0) is 36.9 Å². The van der Waals surface area contributed by atoms with Gasteiger partial charge in [0.15, 0.2) is 0 Å². The minimum absolute atomic E-state index is 0.287. The second-order valence-electron chi connectivity index (χ2n) is 6.35. The minimum Gasteiger partial charge on any atom is -0.385 e. The number of hydrogen-bond donors (Lipinski definition) is 1. The molecule has 2 unspecified atom stereocenters. The molecule has 2 aliphatic rings. The first-order valence-corrected chi connectivity index (χ1v) is 7.53. The number of nitrogens with zero attached hydrogens (tertiary/aromatic N) is 2. The highest BCUT2D eigenvalue weighted by atomic mass is 16.5. The van der Waals surface area contributed by atoms with Gasteiger partial charge >= 0.3 is 0 Å². The summed E-state index contributed by atoms with van der Waals surface area (Å²) in [4.78, 5) is 6.60. The van der Waals surface area contributed by atoms with Gasteiger partial charge in [-0.25, -0.2) is 0 Å². The van der Waals surface area contributed by atoms with E-state index < -0.39 is 5.60 Å². The van der Waals surface area contributed by atoms with Crippen molar-refractivity contribution in [2.45, 2.75) is 30.5 Å². The first-order chi connectivity index (χ1) is 10.2. The van der Waals surface area contributed by atoms with Crippen LogP contribution >= 0.6 is 0 Å². The molecule has 2 aliphatic heterocycles. The fourth-order valence-electron chi connectivity index (χ4n) is 3.88. The van der Waals surface area contributed by atoms with E-state index in [1.165, 1.54) is 0 Å². The summed E-state index contributed by atoms with van der Waals surface area (Å²) in [5, 5.41) is 13.6. The van der Waals surface area contributed by atoms with Gasteiger partial charge in [-0.2, -0.15) is 0 Å². The van der Waals surface area contributed by atoms with Gasteiger partial charge in [0.1, 0.15) is 0 Å². The van der Waals surface area contributed by atoms with Gasteiger partial charge in [0.05, 0.1) is 18.8 Å². The van der Waals surface area contributed by atoms with Crippen LogP contribution in [0.15, 0.2) is 36.7 Å². The van der Waals surface area contributed by atoms with Crippen molar-refractivity contribution in [2.75, 3.05) is 20.3 Å². The minimum atomic E-state index is -0.784. The van der Waals surface area contributed by atoms with E-state index in [9.17, 15) is 5.11 Å². The van der Waals surface area contributed by atoms with Gasteiger partial charge in [0.2, 0.25) is 0 Å². The molecule has 4 heteroatoms. The SMILES string of the molecule is CN1C2COCC1CC(O)(c1cccc3ccncc13)C2. The number of benzene rings is 1. The maximum atomic E-state index is 11.4. The zero-order valence-electron chi connectivity index (χ0n) is 12.2. The Morgan fingerprint density at radius 2 is 2.00 bits per heavy atom. The van der Waals surface area contributed by atoms with Crippen LogP contribution in [0.4, 0.5) is 0 Å². The molecule has 4 rings (SSSR count). The summed E-state index contributed by atoms with van der Waals surface area (Å²) in [5.41, 5.74) is 0.229. The van der Waals surface area contributed by atoms with Gasteiger partial charge < -0.3 is 9.84 Å². The van der Waals surface area contributed by atoms with Crippen molar-refractivity contribution >= 4 is 10.8 Å². The predicted molar refractivity (Wildman–Crippen MR) is 81.0 cm³/mol. The summed E-state index contributed by atoms with van der Waals surface area (Å²) in [5.74, 6) is 0. The van der Waals surface area contributed by atoms with Crippen LogP contribution < -0.4 is 0 Å². The Morgan fingerprint density at radius 1 is 1.24 bits per heavy atom. The number of morpholine rings is 1. The second kappa shape index (κ2) is 4.77. The monoisotopic (exact) mass is 284 g/mol. The molecule has 0 amide bonds. The number of rotatable bonds is 1. The fraction of sp³-hybridized carbons (Fsp3) is 0.471.